The molecule has 0 unspecified atom stereocenters. The van der Waals surface area contributed by atoms with Gasteiger partial charge in [0.15, 0.2) is 0 Å². The zero-order chi connectivity index (χ0) is 19.8. The summed E-state index contributed by atoms with van der Waals surface area (Å²) >= 11 is 0. The van der Waals surface area contributed by atoms with Gasteiger partial charge < -0.3 is 15.5 Å². The minimum atomic E-state index is -0.931. The number of hydrogen-bond acceptors (Lipinski definition) is 3. The van der Waals surface area contributed by atoms with E-state index in [0.717, 1.165) is 38.8 Å². The number of benzene rings is 1. The maximum absolute atomic E-state index is 12.7. The predicted octanol–water partition coefficient (Wildman–Crippen LogP) is 1.73. The van der Waals surface area contributed by atoms with Crippen LogP contribution in [0.3, 0.4) is 0 Å². The molecule has 0 radical (unpaired) electrons. The number of hydrogen-bond donors (Lipinski definition) is 1. The number of carbonyl (C=O) groups is 3. The van der Waals surface area contributed by atoms with E-state index < -0.39 is 11.3 Å². The van der Waals surface area contributed by atoms with Crippen LogP contribution in [0.5, 0.6) is 0 Å². The van der Waals surface area contributed by atoms with E-state index in [-0.39, 0.29) is 17.2 Å². The van der Waals surface area contributed by atoms with Crippen LogP contribution in [-0.4, -0.2) is 53.7 Å². The van der Waals surface area contributed by atoms with Gasteiger partial charge in [0.1, 0.15) is 5.41 Å². The van der Waals surface area contributed by atoms with Crippen LogP contribution in [0.4, 0.5) is 0 Å². The molecule has 4 rings (SSSR count). The van der Waals surface area contributed by atoms with Crippen molar-refractivity contribution >= 4 is 17.7 Å². The van der Waals surface area contributed by atoms with Crippen LogP contribution in [0.1, 0.15) is 44.1 Å². The average molecular weight is 383 g/mol. The lowest BCUT2D eigenvalue weighted by Gasteiger charge is -2.39. The van der Waals surface area contributed by atoms with Gasteiger partial charge in [0.2, 0.25) is 17.7 Å². The molecule has 2 aliphatic heterocycles. The quantitative estimate of drug-likeness (QED) is 0.759. The number of rotatable bonds is 6. The molecule has 1 aromatic carbocycles. The minimum Gasteiger partial charge on any atom is -0.369 e. The van der Waals surface area contributed by atoms with Crippen molar-refractivity contribution in [3.63, 3.8) is 0 Å². The van der Waals surface area contributed by atoms with E-state index >= 15 is 0 Å². The molecule has 1 saturated carbocycles. The summed E-state index contributed by atoms with van der Waals surface area (Å²) in [5, 5.41) is 0. The highest BCUT2D eigenvalue weighted by molar-refractivity contribution is 6.07. The SMILES string of the molecule is NC(=O)C1(C(=O)N2CCC3(CC2)CC(=O)N(CCCc2ccccc2)C3)CC1. The largest absolute Gasteiger partial charge is 0.369 e. The minimum absolute atomic E-state index is 0.00987. The Morgan fingerprint density at radius 1 is 1.04 bits per heavy atom. The van der Waals surface area contributed by atoms with E-state index in [2.05, 4.69) is 12.1 Å². The predicted molar refractivity (Wildman–Crippen MR) is 105 cm³/mol. The Morgan fingerprint density at radius 2 is 1.71 bits per heavy atom. The molecule has 2 N–H and O–H groups in total. The highest BCUT2D eigenvalue weighted by atomic mass is 16.2. The molecule has 0 aromatic heterocycles. The van der Waals surface area contributed by atoms with Gasteiger partial charge in [-0.2, -0.15) is 0 Å². The van der Waals surface area contributed by atoms with Gasteiger partial charge in [-0.1, -0.05) is 30.3 Å². The number of likely N-dealkylation sites (tertiary alicyclic amines) is 2. The molecular formula is C22H29N3O3. The Bertz CT molecular complexity index is 764. The zero-order valence-corrected chi connectivity index (χ0v) is 16.4. The third kappa shape index (κ3) is 3.52. The van der Waals surface area contributed by atoms with Crippen LogP contribution in [0.25, 0.3) is 0 Å². The van der Waals surface area contributed by atoms with E-state index in [1.54, 1.807) is 4.90 Å². The highest BCUT2D eigenvalue weighted by Crippen LogP contribution is 2.48. The lowest BCUT2D eigenvalue weighted by Crippen LogP contribution is -2.49. The normalized spacial score (nSPS) is 22.5. The number of nitrogens with zero attached hydrogens (tertiary/aromatic N) is 2. The molecule has 2 saturated heterocycles. The Labute approximate surface area is 166 Å². The summed E-state index contributed by atoms with van der Waals surface area (Å²) in [6.07, 6.45) is 5.35. The van der Waals surface area contributed by atoms with Crippen LogP contribution in [0.2, 0.25) is 0 Å². The van der Waals surface area contributed by atoms with Crippen molar-refractivity contribution in [1.29, 1.82) is 0 Å². The molecule has 1 spiro atoms. The van der Waals surface area contributed by atoms with Crippen molar-refractivity contribution in [1.82, 2.24) is 9.80 Å². The Morgan fingerprint density at radius 3 is 2.32 bits per heavy atom. The molecule has 2 heterocycles. The lowest BCUT2D eigenvalue weighted by atomic mass is 9.77. The Kier molecular flexibility index (Phi) is 4.89. The highest BCUT2D eigenvalue weighted by Gasteiger charge is 2.58. The molecule has 3 amide bonds. The molecule has 6 nitrogen and oxygen atoms in total. The number of piperidine rings is 1. The first-order valence-electron chi connectivity index (χ1n) is 10.4. The molecule has 28 heavy (non-hydrogen) atoms. The molecule has 3 aliphatic rings. The Hall–Kier alpha value is -2.37. The number of carbonyl (C=O) groups excluding carboxylic acids is 3. The van der Waals surface area contributed by atoms with E-state index in [0.29, 0.717) is 32.4 Å². The summed E-state index contributed by atoms with van der Waals surface area (Å²) < 4.78 is 0. The maximum atomic E-state index is 12.7. The first kappa shape index (κ1) is 19.0. The van der Waals surface area contributed by atoms with Gasteiger partial charge in [-0.15, -0.1) is 0 Å². The second-order valence-electron chi connectivity index (χ2n) is 8.82. The van der Waals surface area contributed by atoms with Gasteiger partial charge in [0.05, 0.1) is 0 Å². The van der Waals surface area contributed by atoms with E-state index in [9.17, 15) is 14.4 Å². The van der Waals surface area contributed by atoms with Gasteiger partial charge in [0, 0.05) is 38.0 Å². The second-order valence-corrected chi connectivity index (χ2v) is 8.82. The average Bonchev–Trinajstić information content (AvgIpc) is 3.45. The molecular weight excluding hydrogens is 354 g/mol. The standard InChI is InChI=1S/C22H29N3O3/c23-19(27)22(8-9-22)20(28)24-13-10-21(11-14-24)15-18(26)25(16-21)12-4-7-17-5-2-1-3-6-17/h1-3,5-6H,4,7-16H2,(H2,23,27). The van der Waals surface area contributed by atoms with Gasteiger partial charge in [-0.3, -0.25) is 14.4 Å². The maximum Gasteiger partial charge on any atom is 0.238 e. The topological polar surface area (TPSA) is 83.7 Å². The smallest absolute Gasteiger partial charge is 0.238 e. The van der Waals surface area contributed by atoms with E-state index in [1.165, 1.54) is 5.56 Å². The fourth-order valence-corrected chi connectivity index (χ4v) is 4.82. The summed E-state index contributed by atoms with van der Waals surface area (Å²) in [6, 6.07) is 10.4. The summed E-state index contributed by atoms with van der Waals surface area (Å²) in [4.78, 5) is 40.7. The number of amides is 3. The molecule has 150 valence electrons. The number of nitrogens with two attached hydrogens (primary N) is 1. The first-order chi connectivity index (χ1) is 13.4. The summed E-state index contributed by atoms with van der Waals surface area (Å²) in [6.45, 7) is 2.84. The van der Waals surface area contributed by atoms with Crippen LogP contribution in [-0.2, 0) is 20.8 Å². The fourth-order valence-electron chi connectivity index (χ4n) is 4.82. The lowest BCUT2D eigenvalue weighted by molar-refractivity contribution is -0.144. The number of primary amides is 1. The fraction of sp³-hybridized carbons (Fsp3) is 0.591. The first-order valence-corrected chi connectivity index (χ1v) is 10.4. The molecule has 1 aromatic rings. The molecule has 0 atom stereocenters. The Balaban J connectivity index is 1.28. The van der Waals surface area contributed by atoms with Crippen molar-refractivity contribution in [3.8, 4) is 0 Å². The molecule has 3 fully saturated rings. The van der Waals surface area contributed by atoms with Crippen molar-refractivity contribution in [2.75, 3.05) is 26.2 Å². The summed E-state index contributed by atoms with van der Waals surface area (Å²) in [5.41, 5.74) is 5.81. The third-order valence-corrected chi connectivity index (χ3v) is 6.88. The molecule has 6 heteroatoms. The monoisotopic (exact) mass is 383 g/mol. The summed E-state index contributed by atoms with van der Waals surface area (Å²) in [7, 11) is 0. The van der Waals surface area contributed by atoms with Crippen molar-refractivity contribution in [2.45, 2.75) is 44.9 Å². The van der Waals surface area contributed by atoms with Gasteiger partial charge in [0.25, 0.3) is 0 Å². The van der Waals surface area contributed by atoms with E-state index in [1.807, 2.05) is 23.1 Å². The van der Waals surface area contributed by atoms with Crippen molar-refractivity contribution in [3.05, 3.63) is 35.9 Å². The van der Waals surface area contributed by atoms with Gasteiger partial charge >= 0.3 is 0 Å². The van der Waals surface area contributed by atoms with Crippen molar-refractivity contribution < 1.29 is 14.4 Å². The number of aryl methyl sites for hydroxylation is 1. The van der Waals surface area contributed by atoms with E-state index in [4.69, 9.17) is 5.73 Å². The van der Waals surface area contributed by atoms with Crippen LogP contribution >= 0.6 is 0 Å². The van der Waals surface area contributed by atoms with Crippen LogP contribution < -0.4 is 5.73 Å². The third-order valence-electron chi connectivity index (χ3n) is 6.88. The second kappa shape index (κ2) is 7.22. The van der Waals surface area contributed by atoms with Crippen LogP contribution in [0.15, 0.2) is 30.3 Å². The van der Waals surface area contributed by atoms with Crippen LogP contribution in [0, 0.1) is 10.8 Å². The molecule has 0 bridgehead atoms. The molecule has 1 aliphatic carbocycles. The van der Waals surface area contributed by atoms with Crippen molar-refractivity contribution in [2.24, 2.45) is 16.6 Å². The van der Waals surface area contributed by atoms with Gasteiger partial charge in [-0.25, -0.2) is 0 Å². The zero-order valence-electron chi connectivity index (χ0n) is 16.4. The summed E-state index contributed by atoms with van der Waals surface area (Å²) in [5.74, 6) is -0.346. The van der Waals surface area contributed by atoms with Gasteiger partial charge in [-0.05, 0) is 44.1 Å².